The topological polar surface area (TPSA) is 110 Å². The van der Waals surface area contributed by atoms with Gasteiger partial charge in [0, 0.05) is 13.0 Å². The van der Waals surface area contributed by atoms with Crippen LogP contribution < -0.4 is 11.5 Å². The van der Waals surface area contributed by atoms with E-state index in [0.29, 0.717) is 18.9 Å². The first-order valence-corrected chi connectivity index (χ1v) is 5.48. The quantitative estimate of drug-likeness (QED) is 0.559. The highest BCUT2D eigenvalue weighted by molar-refractivity contribution is 5.74. The van der Waals surface area contributed by atoms with E-state index in [1.807, 2.05) is 4.90 Å². The van der Waals surface area contributed by atoms with Gasteiger partial charge >= 0.3 is 5.97 Å². The molecule has 1 fully saturated rings. The van der Waals surface area contributed by atoms with Crippen molar-refractivity contribution in [3.63, 3.8) is 0 Å². The lowest BCUT2D eigenvalue weighted by molar-refractivity contribution is -0.139. The summed E-state index contributed by atoms with van der Waals surface area (Å²) in [6.07, 6.45) is 2.20. The number of amides is 1. The summed E-state index contributed by atoms with van der Waals surface area (Å²) in [5.41, 5.74) is 10.6. The maximum absolute atomic E-state index is 10.7. The molecule has 0 aromatic heterocycles. The van der Waals surface area contributed by atoms with Crippen LogP contribution in [0.1, 0.15) is 19.3 Å². The molecule has 92 valence electrons. The first kappa shape index (κ1) is 12.9. The Morgan fingerprint density at radius 2 is 1.94 bits per heavy atom. The molecule has 6 nitrogen and oxygen atoms in total. The number of hydrogen-bond donors (Lipinski definition) is 3. The molecule has 1 unspecified atom stereocenters. The van der Waals surface area contributed by atoms with Gasteiger partial charge in [-0.15, -0.1) is 0 Å². The van der Waals surface area contributed by atoms with Crippen molar-refractivity contribution >= 4 is 11.9 Å². The van der Waals surface area contributed by atoms with Gasteiger partial charge in [-0.25, -0.2) is 0 Å². The van der Waals surface area contributed by atoms with E-state index in [1.54, 1.807) is 0 Å². The van der Waals surface area contributed by atoms with E-state index < -0.39 is 12.0 Å². The summed E-state index contributed by atoms with van der Waals surface area (Å²) in [7, 11) is 0. The number of aliphatic carboxylic acids is 1. The summed E-state index contributed by atoms with van der Waals surface area (Å²) in [4.78, 5) is 23.3. The molecule has 16 heavy (non-hydrogen) atoms. The molecule has 0 radical (unpaired) electrons. The van der Waals surface area contributed by atoms with Gasteiger partial charge in [0.25, 0.3) is 0 Å². The molecule has 0 bridgehead atoms. The Kier molecular flexibility index (Phi) is 4.70. The summed E-state index contributed by atoms with van der Waals surface area (Å²) >= 11 is 0. The van der Waals surface area contributed by atoms with Crippen LogP contribution in [0.15, 0.2) is 0 Å². The number of carbonyl (C=O) groups is 2. The van der Waals surface area contributed by atoms with Crippen molar-refractivity contribution in [3.8, 4) is 0 Å². The number of carboxylic acid groups (broad SMARTS) is 1. The Balaban J connectivity index is 2.26. The van der Waals surface area contributed by atoms with Crippen LogP contribution >= 0.6 is 0 Å². The van der Waals surface area contributed by atoms with Gasteiger partial charge in [-0.1, -0.05) is 0 Å². The molecule has 0 aliphatic carbocycles. The van der Waals surface area contributed by atoms with Crippen molar-refractivity contribution < 1.29 is 14.7 Å². The highest BCUT2D eigenvalue weighted by Crippen LogP contribution is 2.19. The van der Waals surface area contributed by atoms with Crippen molar-refractivity contribution in [2.75, 3.05) is 19.6 Å². The smallest absolute Gasteiger partial charge is 0.321 e. The van der Waals surface area contributed by atoms with E-state index in [1.165, 1.54) is 0 Å². The Labute approximate surface area is 94.6 Å². The highest BCUT2D eigenvalue weighted by Gasteiger charge is 2.23. The zero-order chi connectivity index (χ0) is 12.1. The number of likely N-dealkylation sites (tertiary alicyclic amines) is 1. The molecule has 1 amide bonds. The number of rotatable bonds is 5. The Hall–Kier alpha value is -1.14. The lowest BCUT2D eigenvalue weighted by atomic mass is 9.93. The molecule has 1 atom stereocenters. The molecule has 1 saturated heterocycles. The van der Waals surface area contributed by atoms with E-state index >= 15 is 0 Å². The van der Waals surface area contributed by atoms with Gasteiger partial charge in [0.15, 0.2) is 0 Å². The summed E-state index contributed by atoms with van der Waals surface area (Å²) in [6, 6.07) is -0.826. The predicted octanol–water partition coefficient (Wildman–Crippen LogP) is -1.01. The summed E-state index contributed by atoms with van der Waals surface area (Å²) in [5, 5.41) is 8.67. The zero-order valence-corrected chi connectivity index (χ0v) is 9.26. The number of piperidine rings is 1. The molecule has 5 N–H and O–H groups in total. The second-order valence-corrected chi connectivity index (χ2v) is 4.36. The van der Waals surface area contributed by atoms with Crippen molar-refractivity contribution in [1.29, 1.82) is 0 Å². The normalized spacial score (nSPS) is 20.6. The molecule has 0 aromatic carbocycles. The van der Waals surface area contributed by atoms with Crippen LogP contribution in [0, 0.1) is 5.92 Å². The van der Waals surface area contributed by atoms with E-state index in [4.69, 9.17) is 16.6 Å². The van der Waals surface area contributed by atoms with Gasteiger partial charge in [-0.3, -0.25) is 9.59 Å². The maximum atomic E-state index is 10.7. The number of hydrogen-bond acceptors (Lipinski definition) is 4. The van der Waals surface area contributed by atoms with Crippen molar-refractivity contribution in [2.45, 2.75) is 25.3 Å². The Morgan fingerprint density at radius 3 is 2.38 bits per heavy atom. The number of nitrogens with two attached hydrogens (primary N) is 2. The van der Waals surface area contributed by atoms with Crippen LogP contribution in [-0.4, -0.2) is 47.6 Å². The number of nitrogens with zero attached hydrogens (tertiary/aromatic N) is 1. The van der Waals surface area contributed by atoms with Gasteiger partial charge in [0.05, 0.1) is 0 Å². The summed E-state index contributed by atoms with van der Waals surface area (Å²) in [6.45, 7) is 1.95. The minimum Gasteiger partial charge on any atom is -0.480 e. The number of carbonyl (C=O) groups excluding carboxylic acids is 1. The largest absolute Gasteiger partial charge is 0.480 e. The number of carboxylic acids is 1. The Morgan fingerprint density at radius 1 is 1.38 bits per heavy atom. The zero-order valence-electron chi connectivity index (χ0n) is 9.26. The predicted molar refractivity (Wildman–Crippen MR) is 58.6 cm³/mol. The molecule has 1 rings (SSSR count). The minimum atomic E-state index is -0.973. The van der Waals surface area contributed by atoms with Gasteiger partial charge in [0.2, 0.25) is 5.91 Å². The van der Waals surface area contributed by atoms with Crippen LogP contribution in [0.3, 0.4) is 0 Å². The molecule has 1 aliphatic rings. The monoisotopic (exact) mass is 229 g/mol. The van der Waals surface area contributed by atoms with Crippen molar-refractivity contribution in [1.82, 2.24) is 4.90 Å². The minimum absolute atomic E-state index is 0.263. The average Bonchev–Trinajstić information content (AvgIpc) is 2.20. The first-order chi connectivity index (χ1) is 7.49. The lowest BCUT2D eigenvalue weighted by Crippen LogP contribution is -2.45. The third-order valence-corrected chi connectivity index (χ3v) is 2.97. The van der Waals surface area contributed by atoms with Gasteiger partial charge in [0.1, 0.15) is 6.04 Å². The van der Waals surface area contributed by atoms with Crippen LogP contribution in [0.5, 0.6) is 0 Å². The SMILES string of the molecule is NC(=O)CC1CCN(CC(N)C(=O)O)CC1. The van der Waals surface area contributed by atoms with Crippen LogP contribution in [0.2, 0.25) is 0 Å². The third kappa shape index (κ3) is 4.16. The molecule has 0 spiro atoms. The second-order valence-electron chi connectivity index (χ2n) is 4.36. The van der Waals surface area contributed by atoms with E-state index in [0.717, 1.165) is 25.9 Å². The van der Waals surface area contributed by atoms with E-state index in [2.05, 4.69) is 0 Å². The van der Waals surface area contributed by atoms with Crippen LogP contribution in [-0.2, 0) is 9.59 Å². The van der Waals surface area contributed by atoms with Crippen molar-refractivity contribution in [3.05, 3.63) is 0 Å². The fourth-order valence-corrected chi connectivity index (χ4v) is 2.01. The maximum Gasteiger partial charge on any atom is 0.321 e. The molecular weight excluding hydrogens is 210 g/mol. The molecule has 1 aliphatic heterocycles. The summed E-state index contributed by atoms with van der Waals surface area (Å²) < 4.78 is 0. The molecule has 0 saturated carbocycles. The van der Waals surface area contributed by atoms with Crippen LogP contribution in [0.25, 0.3) is 0 Å². The van der Waals surface area contributed by atoms with Gasteiger partial charge in [-0.05, 0) is 31.8 Å². The molecule has 1 heterocycles. The van der Waals surface area contributed by atoms with Crippen molar-refractivity contribution in [2.24, 2.45) is 17.4 Å². The molecule has 6 heteroatoms. The molecule has 0 aromatic rings. The number of primary amides is 1. The average molecular weight is 229 g/mol. The van der Waals surface area contributed by atoms with Gasteiger partial charge < -0.3 is 21.5 Å². The molecular formula is C10H19N3O3. The fraction of sp³-hybridized carbons (Fsp3) is 0.800. The second kappa shape index (κ2) is 5.81. The first-order valence-electron chi connectivity index (χ1n) is 5.48. The summed E-state index contributed by atoms with van der Waals surface area (Å²) in [5.74, 6) is -0.894. The lowest BCUT2D eigenvalue weighted by Gasteiger charge is -2.32. The standard InChI is InChI=1S/C10H19N3O3/c11-8(10(15)16)6-13-3-1-7(2-4-13)5-9(12)14/h7-8H,1-6,11H2,(H2,12,14)(H,15,16). The Bertz CT molecular complexity index is 262. The van der Waals surface area contributed by atoms with E-state index in [-0.39, 0.29) is 5.91 Å². The fourth-order valence-electron chi connectivity index (χ4n) is 2.01. The van der Waals surface area contributed by atoms with E-state index in [9.17, 15) is 9.59 Å². The third-order valence-electron chi connectivity index (χ3n) is 2.97. The van der Waals surface area contributed by atoms with Crippen LogP contribution in [0.4, 0.5) is 0 Å². The van der Waals surface area contributed by atoms with Gasteiger partial charge in [-0.2, -0.15) is 0 Å². The highest BCUT2D eigenvalue weighted by atomic mass is 16.4.